The molecule has 44 heavy (non-hydrogen) atoms. The molecule has 13 nitrogen and oxygen atoms in total. The second-order valence-corrected chi connectivity index (χ2v) is 11.7. The van der Waals surface area contributed by atoms with E-state index >= 15 is 0 Å². The standard InChI is InChI=1S/C30H35N7O6S/c1-16-27(41)34-17(2)28(42)37-22(26(31)40)12-19-8-9-24(38)20(10-19)13-21-14-32-30(44-21)33-15-25(39)36-23(29(43)35-16)11-18-6-4-3-5-7-18/h3-10,14,16-17,22-23,38H,11-13,15H2,1-2H3,(H2,31,40)(H,32,33)(H,34,41)(H,35,43)(H,36,39)(H,37,42)/t16-,17-,22-,23-/m0/s1. The highest BCUT2D eigenvalue weighted by Gasteiger charge is 2.28. The zero-order valence-corrected chi connectivity index (χ0v) is 25.1. The number of amides is 5. The predicted octanol–water partition coefficient (Wildman–Crippen LogP) is 0.115. The number of nitrogens with zero attached hydrogens (tertiary/aromatic N) is 1. The Bertz CT molecular complexity index is 1530. The van der Waals surface area contributed by atoms with Crippen molar-refractivity contribution in [1.29, 1.82) is 0 Å². The number of carbonyl (C=O) groups is 5. The molecule has 2 heterocycles. The number of phenolic OH excluding ortho intramolecular Hbond substituents is 1. The SMILES string of the molecule is C[C@@H]1NC(=O)[C@H](C)NC(=O)[C@H](Cc2ccccc2)NC(=O)CNc2ncc(s2)Cc2cc(ccc2O)C[C@@H](C(N)=O)NC1=O. The smallest absolute Gasteiger partial charge is 0.243 e. The number of primary amides is 1. The molecule has 0 fully saturated rings. The van der Waals surface area contributed by atoms with Crippen LogP contribution in [0.15, 0.2) is 54.7 Å². The van der Waals surface area contributed by atoms with Gasteiger partial charge in [-0.15, -0.1) is 11.3 Å². The van der Waals surface area contributed by atoms with E-state index in [4.69, 9.17) is 5.73 Å². The number of aromatic hydroxyl groups is 1. The van der Waals surface area contributed by atoms with Crippen LogP contribution in [-0.2, 0) is 43.2 Å². The molecule has 0 saturated carbocycles. The minimum Gasteiger partial charge on any atom is -0.508 e. The van der Waals surface area contributed by atoms with E-state index in [1.54, 1.807) is 18.3 Å². The Kier molecular flexibility index (Phi) is 10.5. The second-order valence-electron chi connectivity index (χ2n) is 10.6. The van der Waals surface area contributed by atoms with Crippen molar-refractivity contribution >= 4 is 46.0 Å². The molecule has 0 spiro atoms. The summed E-state index contributed by atoms with van der Waals surface area (Å²) in [6, 6.07) is 9.72. The molecule has 2 aromatic carbocycles. The van der Waals surface area contributed by atoms with E-state index in [0.29, 0.717) is 22.7 Å². The van der Waals surface area contributed by atoms with Gasteiger partial charge in [0.15, 0.2) is 5.13 Å². The summed E-state index contributed by atoms with van der Waals surface area (Å²) < 4.78 is 0. The summed E-state index contributed by atoms with van der Waals surface area (Å²) in [5.74, 6) is -3.08. The molecule has 3 aromatic rings. The Morgan fingerprint density at radius 2 is 1.64 bits per heavy atom. The maximum absolute atomic E-state index is 13.3. The third kappa shape index (κ3) is 8.77. The van der Waals surface area contributed by atoms with Crippen molar-refractivity contribution in [3.8, 4) is 5.75 Å². The lowest BCUT2D eigenvalue weighted by Gasteiger charge is -2.23. The number of hydrogen-bond acceptors (Lipinski definition) is 9. The van der Waals surface area contributed by atoms with Crippen LogP contribution in [0.25, 0.3) is 0 Å². The van der Waals surface area contributed by atoms with Crippen molar-refractivity contribution in [3.63, 3.8) is 0 Å². The number of hydrogen-bond donors (Lipinski definition) is 7. The van der Waals surface area contributed by atoms with Gasteiger partial charge in [0.05, 0.1) is 6.54 Å². The van der Waals surface area contributed by atoms with Crippen LogP contribution in [0, 0.1) is 0 Å². The molecule has 1 aliphatic rings. The zero-order valence-electron chi connectivity index (χ0n) is 24.3. The number of carbonyl (C=O) groups excluding carboxylic acids is 5. The maximum atomic E-state index is 13.3. The minimum atomic E-state index is -1.09. The van der Waals surface area contributed by atoms with Crippen LogP contribution in [0.2, 0.25) is 0 Å². The molecule has 14 heteroatoms. The van der Waals surface area contributed by atoms with Crippen molar-refractivity contribution in [2.45, 2.75) is 57.3 Å². The van der Waals surface area contributed by atoms with Crippen LogP contribution in [0.1, 0.15) is 35.4 Å². The fraction of sp³-hybridized carbons (Fsp3) is 0.333. The molecule has 1 aromatic heterocycles. The normalized spacial score (nSPS) is 22.1. The molecule has 4 atom stereocenters. The van der Waals surface area contributed by atoms with Gasteiger partial charge in [0.1, 0.15) is 29.9 Å². The van der Waals surface area contributed by atoms with Gasteiger partial charge in [0.2, 0.25) is 29.5 Å². The van der Waals surface area contributed by atoms with Crippen LogP contribution in [0.3, 0.4) is 0 Å². The quantitative estimate of drug-likeness (QED) is 0.213. The molecule has 0 radical (unpaired) electrons. The first-order valence-electron chi connectivity index (χ1n) is 14.0. The fourth-order valence-electron chi connectivity index (χ4n) is 4.57. The molecule has 4 rings (SSSR count). The monoisotopic (exact) mass is 621 g/mol. The van der Waals surface area contributed by atoms with Gasteiger partial charge < -0.3 is 37.4 Å². The lowest BCUT2D eigenvalue weighted by molar-refractivity contribution is -0.133. The zero-order chi connectivity index (χ0) is 31.8. The Morgan fingerprint density at radius 1 is 0.955 bits per heavy atom. The predicted molar refractivity (Wildman–Crippen MR) is 164 cm³/mol. The van der Waals surface area contributed by atoms with E-state index in [9.17, 15) is 29.1 Å². The highest BCUT2D eigenvalue weighted by atomic mass is 32.1. The number of fused-ring (bicyclic) bond motifs is 4. The first kappa shape index (κ1) is 31.9. The highest BCUT2D eigenvalue weighted by Crippen LogP contribution is 2.26. The van der Waals surface area contributed by atoms with E-state index in [2.05, 4.69) is 31.6 Å². The number of aromatic nitrogens is 1. The van der Waals surface area contributed by atoms with Crippen molar-refractivity contribution in [1.82, 2.24) is 26.3 Å². The van der Waals surface area contributed by atoms with Gasteiger partial charge in [-0.05, 0) is 36.6 Å². The summed E-state index contributed by atoms with van der Waals surface area (Å²) in [5.41, 5.74) is 7.58. The summed E-state index contributed by atoms with van der Waals surface area (Å²) in [4.78, 5) is 69.3. The van der Waals surface area contributed by atoms with Crippen molar-refractivity contribution in [3.05, 3.63) is 76.3 Å². The van der Waals surface area contributed by atoms with Crippen LogP contribution in [0.5, 0.6) is 5.75 Å². The molecule has 0 unspecified atom stereocenters. The number of thiazole rings is 1. The molecule has 232 valence electrons. The van der Waals surface area contributed by atoms with E-state index < -0.39 is 53.7 Å². The summed E-state index contributed by atoms with van der Waals surface area (Å²) in [6.45, 7) is 2.73. The highest BCUT2D eigenvalue weighted by molar-refractivity contribution is 7.15. The Balaban J connectivity index is 1.60. The first-order chi connectivity index (χ1) is 21.0. The molecule has 5 amide bonds. The number of benzene rings is 2. The molecular weight excluding hydrogens is 586 g/mol. The Labute approximate surface area is 258 Å². The van der Waals surface area contributed by atoms with Gasteiger partial charge in [0, 0.05) is 30.3 Å². The van der Waals surface area contributed by atoms with Gasteiger partial charge in [-0.3, -0.25) is 24.0 Å². The largest absolute Gasteiger partial charge is 0.508 e. The summed E-state index contributed by atoms with van der Waals surface area (Å²) >= 11 is 1.29. The Morgan fingerprint density at radius 3 is 2.34 bits per heavy atom. The third-order valence-corrected chi connectivity index (χ3v) is 7.96. The van der Waals surface area contributed by atoms with E-state index in [1.165, 1.54) is 31.3 Å². The lowest BCUT2D eigenvalue weighted by Crippen LogP contribution is -2.57. The van der Waals surface area contributed by atoms with Crippen LogP contribution in [0.4, 0.5) is 5.13 Å². The van der Waals surface area contributed by atoms with E-state index in [-0.39, 0.29) is 25.1 Å². The average Bonchev–Trinajstić information content (AvgIpc) is 3.44. The van der Waals surface area contributed by atoms with Gasteiger partial charge >= 0.3 is 0 Å². The van der Waals surface area contributed by atoms with Crippen molar-refractivity contribution in [2.24, 2.45) is 5.73 Å². The summed E-state index contributed by atoms with van der Waals surface area (Å²) in [7, 11) is 0. The van der Waals surface area contributed by atoms with Crippen molar-refractivity contribution < 1.29 is 29.1 Å². The molecular formula is C30H35N7O6S. The number of nitrogens with one attached hydrogen (secondary N) is 5. The van der Waals surface area contributed by atoms with Crippen LogP contribution < -0.4 is 32.3 Å². The van der Waals surface area contributed by atoms with Gasteiger partial charge in [-0.2, -0.15) is 0 Å². The van der Waals surface area contributed by atoms with Crippen LogP contribution >= 0.6 is 11.3 Å². The van der Waals surface area contributed by atoms with E-state index in [1.807, 2.05) is 30.3 Å². The lowest BCUT2D eigenvalue weighted by atomic mass is 10.0. The summed E-state index contributed by atoms with van der Waals surface area (Å²) in [6.07, 6.45) is 2.16. The van der Waals surface area contributed by atoms with Gasteiger partial charge in [-0.1, -0.05) is 42.5 Å². The van der Waals surface area contributed by atoms with Crippen LogP contribution in [-0.4, -0.2) is 70.3 Å². The number of phenols is 1. The number of nitrogens with two attached hydrogens (primary N) is 1. The maximum Gasteiger partial charge on any atom is 0.243 e. The number of rotatable bonds is 3. The Hall–Kier alpha value is -4.98. The van der Waals surface area contributed by atoms with E-state index in [0.717, 1.165) is 10.4 Å². The molecule has 4 bridgehead atoms. The average molecular weight is 622 g/mol. The minimum absolute atomic E-state index is 0.0401. The van der Waals surface area contributed by atoms with Gasteiger partial charge in [-0.25, -0.2) is 4.98 Å². The number of anilines is 1. The third-order valence-electron chi connectivity index (χ3n) is 7.00. The van der Waals surface area contributed by atoms with Crippen molar-refractivity contribution in [2.75, 3.05) is 11.9 Å². The fourth-order valence-corrected chi connectivity index (χ4v) is 5.40. The van der Waals surface area contributed by atoms with Gasteiger partial charge in [0.25, 0.3) is 0 Å². The second kappa shape index (κ2) is 14.5. The molecule has 0 saturated heterocycles. The molecule has 8 N–H and O–H groups in total. The molecule has 1 aliphatic heterocycles. The topological polar surface area (TPSA) is 205 Å². The first-order valence-corrected chi connectivity index (χ1v) is 14.8. The summed E-state index contributed by atoms with van der Waals surface area (Å²) in [5, 5.41) is 24.3. The molecule has 0 aliphatic carbocycles.